The molecule has 0 fully saturated rings. The quantitative estimate of drug-likeness (QED) is 0.0146. The van der Waals surface area contributed by atoms with Crippen molar-refractivity contribution >= 4 is 33.6 Å². The number of carbonyl (C=O) groups is 3. The van der Waals surface area contributed by atoms with Crippen molar-refractivity contribution in [3.63, 3.8) is 0 Å². The fourth-order valence-corrected chi connectivity index (χ4v) is 13.3. The average Bonchev–Trinajstić information content (AvgIpc) is 0.899. The number of rotatable bonds is 83. The highest BCUT2D eigenvalue weighted by Gasteiger charge is 2.29. The van der Waals surface area contributed by atoms with Crippen molar-refractivity contribution in [2.45, 2.75) is 373 Å². The van der Waals surface area contributed by atoms with Gasteiger partial charge in [-0.2, -0.15) is 0 Å². The fourth-order valence-electron chi connectivity index (χ4n) is 11.7. The summed E-state index contributed by atoms with van der Waals surface area (Å²) in [5.41, 5.74) is 0. The summed E-state index contributed by atoms with van der Waals surface area (Å²) in [7, 11) is -9.82. The van der Waals surface area contributed by atoms with Crippen LogP contribution in [0.25, 0.3) is 0 Å². The molecule has 113 heavy (non-hydrogen) atoms. The predicted molar refractivity (Wildman–Crippen MR) is 472 cm³/mol. The van der Waals surface area contributed by atoms with E-state index in [0.717, 1.165) is 186 Å². The van der Waals surface area contributed by atoms with E-state index < -0.39 is 91.5 Å². The molecule has 0 saturated carbocycles. The van der Waals surface area contributed by atoms with Crippen LogP contribution < -0.4 is 0 Å². The van der Waals surface area contributed by atoms with Gasteiger partial charge in [-0.3, -0.25) is 32.5 Å². The monoisotopic (exact) mass is 1620 g/mol. The maximum atomic E-state index is 13.1. The zero-order chi connectivity index (χ0) is 82.2. The second-order valence-electron chi connectivity index (χ2n) is 29.3. The van der Waals surface area contributed by atoms with Crippen LogP contribution in [0.3, 0.4) is 0 Å². The van der Waals surface area contributed by atoms with Crippen LogP contribution in [0.2, 0.25) is 0 Å². The summed E-state index contributed by atoms with van der Waals surface area (Å²) in [6, 6.07) is 0. The van der Waals surface area contributed by atoms with Crippen molar-refractivity contribution < 1.29 is 75.8 Å². The van der Waals surface area contributed by atoms with Crippen LogP contribution in [0.1, 0.15) is 355 Å². The van der Waals surface area contributed by atoms with E-state index in [2.05, 4.69) is 191 Å². The van der Waals surface area contributed by atoms with Crippen LogP contribution >= 0.6 is 15.6 Å². The van der Waals surface area contributed by atoms with E-state index in [9.17, 15) is 43.5 Å². The van der Waals surface area contributed by atoms with Gasteiger partial charge in [0, 0.05) is 19.3 Å². The summed E-state index contributed by atoms with van der Waals surface area (Å²) in [6.45, 7) is 2.44. The number of allylic oxidation sites excluding steroid dienone is 28. The molecule has 5 unspecified atom stereocenters. The van der Waals surface area contributed by atoms with Gasteiger partial charge in [-0.25, -0.2) is 9.13 Å². The summed E-state index contributed by atoms with van der Waals surface area (Å²) in [5.74, 6) is -1.59. The summed E-state index contributed by atoms with van der Waals surface area (Å²) in [5, 5.41) is 20.7. The highest BCUT2D eigenvalue weighted by atomic mass is 31.2. The molecule has 16 nitrogen and oxygen atoms in total. The molecule has 0 aliphatic carbocycles. The van der Waals surface area contributed by atoms with E-state index in [1.165, 1.54) is 109 Å². The van der Waals surface area contributed by atoms with Gasteiger partial charge in [-0.05, 0) is 154 Å². The zero-order valence-corrected chi connectivity index (χ0v) is 72.8. The minimum absolute atomic E-state index is 0.0851. The van der Waals surface area contributed by atoms with Gasteiger partial charge in [-0.1, -0.05) is 351 Å². The Balaban J connectivity index is 4.66. The van der Waals surface area contributed by atoms with Crippen molar-refractivity contribution in [2.75, 3.05) is 39.6 Å². The zero-order valence-electron chi connectivity index (χ0n) is 71.0. The summed E-state index contributed by atoms with van der Waals surface area (Å²) < 4.78 is 61.4. The molecule has 0 aromatic carbocycles. The second-order valence-corrected chi connectivity index (χ2v) is 32.2. The van der Waals surface area contributed by atoms with Crippen LogP contribution in [0, 0.1) is 0 Å². The number of ether oxygens (including phenoxy) is 3. The van der Waals surface area contributed by atoms with Gasteiger partial charge in [0.25, 0.3) is 0 Å². The number of unbranched alkanes of at least 4 members (excludes halogenated alkanes) is 32. The lowest BCUT2D eigenvalue weighted by Gasteiger charge is -2.21. The Hall–Kier alpha value is -5.09. The SMILES string of the molecule is CC/C=C\C/C=C\C/C=C\C/C=C\C/C=C\CCCCCCCCCCCCCCCC(=O)OCC(O)COP(=O)(O)OCC(O)COP(=O)(O)OCC(COC(=O)CCCCCCCCCCC/C=C\C/C=C\C/C=C\C/C=C\CCCCC)OC(=O)CCCCCCCCC/C=C\C/C=C\C/C=C\C/C=C\C/C=C\CC. The lowest BCUT2D eigenvalue weighted by atomic mass is 10.0. The lowest BCUT2D eigenvalue weighted by Crippen LogP contribution is -2.30. The minimum Gasteiger partial charge on any atom is -0.463 e. The number of esters is 3. The van der Waals surface area contributed by atoms with E-state index in [1.54, 1.807) is 0 Å². The molecule has 0 aliphatic heterocycles. The van der Waals surface area contributed by atoms with Crippen LogP contribution in [0.4, 0.5) is 0 Å². The van der Waals surface area contributed by atoms with Gasteiger partial charge in [0.1, 0.15) is 25.4 Å². The molecule has 0 spiro atoms. The molecule has 0 rings (SSSR count). The van der Waals surface area contributed by atoms with Crippen LogP contribution in [0.15, 0.2) is 170 Å². The molecule has 18 heteroatoms. The summed E-state index contributed by atoms with van der Waals surface area (Å²) >= 11 is 0. The summed E-state index contributed by atoms with van der Waals surface area (Å²) in [4.78, 5) is 59.0. The van der Waals surface area contributed by atoms with E-state index in [-0.39, 0.29) is 19.3 Å². The van der Waals surface area contributed by atoms with Gasteiger partial charge in [0.15, 0.2) is 6.10 Å². The van der Waals surface area contributed by atoms with E-state index in [1.807, 2.05) is 0 Å². The van der Waals surface area contributed by atoms with Crippen LogP contribution in [-0.4, -0.2) is 95.9 Å². The molecule has 5 atom stereocenters. The number of phosphoric acid groups is 2. The van der Waals surface area contributed by atoms with Crippen molar-refractivity contribution in [1.29, 1.82) is 0 Å². The normalized spacial score (nSPS) is 14.6. The van der Waals surface area contributed by atoms with Crippen LogP contribution in [-0.2, 0) is 55.8 Å². The molecule has 0 aliphatic rings. The molecule has 0 radical (unpaired) electrons. The largest absolute Gasteiger partial charge is 0.472 e. The van der Waals surface area contributed by atoms with E-state index in [4.69, 9.17) is 32.3 Å². The van der Waals surface area contributed by atoms with Gasteiger partial charge >= 0.3 is 33.6 Å². The van der Waals surface area contributed by atoms with Crippen molar-refractivity contribution in [1.82, 2.24) is 0 Å². The first kappa shape index (κ1) is 108. The van der Waals surface area contributed by atoms with Crippen molar-refractivity contribution in [3.05, 3.63) is 170 Å². The molecular formula is C95H160O16P2. The van der Waals surface area contributed by atoms with Gasteiger partial charge in [0.2, 0.25) is 0 Å². The summed E-state index contributed by atoms with van der Waals surface area (Å²) in [6.07, 6.45) is 111. The smallest absolute Gasteiger partial charge is 0.463 e. The third-order valence-corrected chi connectivity index (χ3v) is 20.3. The number of aliphatic hydroxyl groups excluding tert-OH is 2. The van der Waals surface area contributed by atoms with Gasteiger partial charge < -0.3 is 34.2 Å². The highest BCUT2D eigenvalue weighted by molar-refractivity contribution is 7.47. The average molecular weight is 1620 g/mol. The first-order valence-electron chi connectivity index (χ1n) is 44.4. The maximum absolute atomic E-state index is 13.1. The third kappa shape index (κ3) is 87.6. The van der Waals surface area contributed by atoms with Crippen molar-refractivity contribution in [2.24, 2.45) is 0 Å². The van der Waals surface area contributed by atoms with E-state index >= 15 is 0 Å². The minimum atomic E-state index is -4.95. The fraction of sp³-hybridized carbons (Fsp3) is 0.674. The predicted octanol–water partition coefficient (Wildman–Crippen LogP) is 27.1. The standard InChI is InChI=1S/C95H160O16P2/c1-4-7-10-13-16-19-22-25-28-31-34-37-40-42-43-44-45-47-50-51-54-57-60-63-66-69-72-75-78-81-93(98)105-84-90(96)85-107-112(101,102)108-86-91(97)87-109-113(103,104)110-89-92(111-95(100)83-80-77-74-71-68-65-62-59-56-53-48-39-36-33-30-27-24-21-18-15-12-9-6-3)88-106-94(99)82-79-76-73-70-67-64-61-58-55-52-49-46-41-38-35-32-29-26-23-20-17-14-11-8-5-2/h7,9-10,12,16-21,25-30,34-39,42-43,46,49,53,56,90-92,96-97H,4-6,8,11,13-15,22-24,31-33,40-41,44-45,47-48,50-52,54-55,57-89H2,1-3H3,(H,101,102)(H,103,104)/b10-7-,12-9-,19-16-,20-17-,21-18-,28-25-,29-26-,30-27-,37-34-,38-35-,39-36-,43-42-,49-46-,56-53-. The molecule has 0 heterocycles. The highest BCUT2D eigenvalue weighted by Crippen LogP contribution is 2.45. The Kier molecular flexibility index (Phi) is 82.4. The molecule has 0 saturated heterocycles. The number of hydrogen-bond donors (Lipinski definition) is 4. The first-order valence-corrected chi connectivity index (χ1v) is 47.4. The molecular weight excluding hydrogens is 1460 g/mol. The molecule has 0 aromatic rings. The lowest BCUT2D eigenvalue weighted by molar-refractivity contribution is -0.161. The maximum Gasteiger partial charge on any atom is 0.472 e. The Morgan fingerprint density at radius 2 is 0.469 bits per heavy atom. The number of carbonyl (C=O) groups excluding carboxylic acids is 3. The number of phosphoric ester groups is 2. The third-order valence-electron chi connectivity index (χ3n) is 18.4. The Bertz CT molecular complexity index is 2730. The number of aliphatic hydroxyl groups is 2. The number of hydrogen-bond acceptors (Lipinski definition) is 14. The Labute approximate surface area is 688 Å². The molecule has 0 aromatic heterocycles. The Morgan fingerprint density at radius 3 is 0.743 bits per heavy atom. The van der Waals surface area contributed by atoms with Crippen molar-refractivity contribution in [3.8, 4) is 0 Å². The second kappa shape index (κ2) is 86.3. The Morgan fingerprint density at radius 1 is 0.257 bits per heavy atom. The van der Waals surface area contributed by atoms with E-state index in [0.29, 0.717) is 19.3 Å². The van der Waals surface area contributed by atoms with Gasteiger partial charge in [0.05, 0.1) is 26.4 Å². The molecule has 0 bridgehead atoms. The van der Waals surface area contributed by atoms with Crippen LogP contribution in [0.5, 0.6) is 0 Å². The molecule has 4 N–H and O–H groups in total. The first-order chi connectivity index (χ1) is 55.2. The molecule has 646 valence electrons. The van der Waals surface area contributed by atoms with Gasteiger partial charge in [-0.15, -0.1) is 0 Å². The molecule has 0 amide bonds. The topological polar surface area (TPSA) is 231 Å².